The van der Waals surface area contributed by atoms with E-state index in [1.807, 2.05) is 24.3 Å². The highest BCUT2D eigenvalue weighted by atomic mass is 16.2. The zero-order chi connectivity index (χ0) is 18.1. The summed E-state index contributed by atoms with van der Waals surface area (Å²) in [5.41, 5.74) is 2.02. The Kier molecular flexibility index (Phi) is 4.16. The number of amides is 1. The Labute approximate surface area is 150 Å². The molecule has 134 valence electrons. The van der Waals surface area contributed by atoms with Gasteiger partial charge in [-0.3, -0.25) is 18.8 Å². The van der Waals surface area contributed by atoms with Gasteiger partial charge in [0.1, 0.15) is 18.3 Å². The lowest BCUT2D eigenvalue weighted by Crippen LogP contribution is -2.28. The Morgan fingerprint density at radius 3 is 2.81 bits per heavy atom. The van der Waals surface area contributed by atoms with Gasteiger partial charge in [-0.1, -0.05) is 12.1 Å². The molecule has 0 radical (unpaired) electrons. The van der Waals surface area contributed by atoms with Gasteiger partial charge in [0.15, 0.2) is 5.65 Å². The smallest absolute Gasteiger partial charge is 0.264 e. The summed E-state index contributed by atoms with van der Waals surface area (Å²) >= 11 is 0. The molecule has 8 nitrogen and oxygen atoms in total. The Hall–Kier alpha value is -3.16. The summed E-state index contributed by atoms with van der Waals surface area (Å²) in [6.45, 7) is 1.90. The van der Waals surface area contributed by atoms with Crippen LogP contribution in [0.3, 0.4) is 0 Å². The van der Waals surface area contributed by atoms with Gasteiger partial charge in [0.05, 0.1) is 17.6 Å². The number of aromatic nitrogens is 4. The molecule has 2 aromatic heterocycles. The monoisotopic (exact) mass is 352 g/mol. The van der Waals surface area contributed by atoms with Crippen molar-refractivity contribution in [2.75, 3.05) is 23.3 Å². The van der Waals surface area contributed by atoms with Gasteiger partial charge in [-0.15, -0.1) is 0 Å². The Morgan fingerprint density at radius 2 is 2.00 bits per heavy atom. The first-order chi connectivity index (χ1) is 12.6. The third-order valence-corrected chi connectivity index (χ3v) is 4.66. The molecule has 0 aliphatic carbocycles. The summed E-state index contributed by atoms with van der Waals surface area (Å²) in [7, 11) is 1.72. The lowest BCUT2D eigenvalue weighted by Gasteiger charge is -2.21. The Bertz CT molecular complexity index is 1020. The Morgan fingerprint density at radius 1 is 1.23 bits per heavy atom. The SMILES string of the molecule is Cn1ncc2c(=O)n(CC(=O)Nc3ccccc3N3CCCC3)cnc21. The van der Waals surface area contributed by atoms with E-state index in [-0.39, 0.29) is 18.0 Å². The van der Waals surface area contributed by atoms with Gasteiger partial charge in [0.2, 0.25) is 5.91 Å². The number of rotatable bonds is 4. The number of nitrogens with one attached hydrogen (secondary N) is 1. The molecule has 0 spiro atoms. The van der Waals surface area contributed by atoms with Crippen molar-refractivity contribution in [3.63, 3.8) is 0 Å². The molecule has 8 heteroatoms. The van der Waals surface area contributed by atoms with Crippen LogP contribution in [-0.4, -0.2) is 38.3 Å². The van der Waals surface area contributed by atoms with Crippen molar-refractivity contribution in [1.82, 2.24) is 19.3 Å². The van der Waals surface area contributed by atoms with Crippen LogP contribution in [0, 0.1) is 0 Å². The largest absolute Gasteiger partial charge is 0.370 e. The van der Waals surface area contributed by atoms with Crippen LogP contribution in [-0.2, 0) is 18.4 Å². The molecule has 1 saturated heterocycles. The maximum absolute atomic E-state index is 12.5. The summed E-state index contributed by atoms with van der Waals surface area (Å²) in [6.07, 6.45) is 5.18. The molecule has 3 heterocycles. The van der Waals surface area contributed by atoms with Crippen LogP contribution in [0.4, 0.5) is 11.4 Å². The van der Waals surface area contributed by atoms with Crippen LogP contribution in [0.5, 0.6) is 0 Å². The van der Waals surface area contributed by atoms with Crippen LogP contribution < -0.4 is 15.8 Å². The van der Waals surface area contributed by atoms with Crippen molar-refractivity contribution < 1.29 is 4.79 Å². The van der Waals surface area contributed by atoms with Crippen molar-refractivity contribution >= 4 is 28.3 Å². The van der Waals surface area contributed by atoms with Crippen LogP contribution in [0.25, 0.3) is 11.0 Å². The molecule has 0 bridgehead atoms. The molecule has 3 aromatic rings. The lowest BCUT2D eigenvalue weighted by molar-refractivity contribution is -0.116. The van der Waals surface area contributed by atoms with Gasteiger partial charge in [0.25, 0.3) is 5.56 Å². The summed E-state index contributed by atoms with van der Waals surface area (Å²) in [4.78, 5) is 31.5. The topological polar surface area (TPSA) is 85.0 Å². The van der Waals surface area contributed by atoms with Crippen LogP contribution in [0.15, 0.2) is 41.6 Å². The highest BCUT2D eigenvalue weighted by Crippen LogP contribution is 2.28. The van der Waals surface area contributed by atoms with Gasteiger partial charge in [0, 0.05) is 20.1 Å². The highest BCUT2D eigenvalue weighted by molar-refractivity contribution is 5.94. The maximum atomic E-state index is 12.5. The number of hydrogen-bond donors (Lipinski definition) is 1. The third kappa shape index (κ3) is 2.94. The number of anilines is 2. The second kappa shape index (κ2) is 6.62. The summed E-state index contributed by atoms with van der Waals surface area (Å²) < 4.78 is 2.84. The number of hydrogen-bond acceptors (Lipinski definition) is 5. The van der Waals surface area contributed by atoms with Crippen molar-refractivity contribution in [2.24, 2.45) is 7.05 Å². The van der Waals surface area contributed by atoms with E-state index < -0.39 is 0 Å². The van der Waals surface area contributed by atoms with Crippen molar-refractivity contribution in [3.8, 4) is 0 Å². The predicted octanol–water partition coefficient (Wildman–Crippen LogP) is 1.37. The first kappa shape index (κ1) is 16.3. The van der Waals surface area contributed by atoms with E-state index in [9.17, 15) is 9.59 Å². The summed E-state index contributed by atoms with van der Waals surface area (Å²) in [5, 5.41) is 7.37. The molecular weight excluding hydrogens is 332 g/mol. The minimum atomic E-state index is -0.272. The zero-order valence-corrected chi connectivity index (χ0v) is 14.6. The van der Waals surface area contributed by atoms with Crippen LogP contribution in [0.1, 0.15) is 12.8 Å². The maximum Gasteiger partial charge on any atom is 0.264 e. The fourth-order valence-electron chi connectivity index (χ4n) is 3.34. The van der Waals surface area contributed by atoms with Crippen LogP contribution in [0.2, 0.25) is 0 Å². The normalized spacial score (nSPS) is 14.1. The number of carbonyl (C=O) groups is 1. The molecule has 1 N–H and O–H groups in total. The first-order valence-corrected chi connectivity index (χ1v) is 8.64. The van der Waals surface area contributed by atoms with E-state index in [2.05, 4.69) is 20.3 Å². The van der Waals surface area contributed by atoms with Gasteiger partial charge in [-0.25, -0.2) is 4.98 Å². The number of carbonyl (C=O) groups excluding carboxylic acids is 1. The summed E-state index contributed by atoms with van der Waals surface area (Å²) in [5.74, 6) is -0.260. The van der Waals surface area contributed by atoms with E-state index in [1.54, 1.807) is 7.05 Å². The molecular formula is C18H20N6O2. The predicted molar refractivity (Wildman–Crippen MR) is 99.3 cm³/mol. The quantitative estimate of drug-likeness (QED) is 0.766. The number of fused-ring (bicyclic) bond motifs is 1. The van der Waals surface area contributed by atoms with E-state index in [4.69, 9.17) is 0 Å². The molecule has 1 fully saturated rings. The van der Waals surface area contributed by atoms with E-state index in [0.29, 0.717) is 11.0 Å². The second-order valence-corrected chi connectivity index (χ2v) is 6.44. The molecule has 4 rings (SSSR count). The van der Waals surface area contributed by atoms with Gasteiger partial charge >= 0.3 is 0 Å². The fraction of sp³-hybridized carbons (Fsp3) is 0.333. The van der Waals surface area contributed by atoms with Crippen molar-refractivity contribution in [1.29, 1.82) is 0 Å². The fourth-order valence-corrected chi connectivity index (χ4v) is 3.34. The number of benzene rings is 1. The van der Waals surface area contributed by atoms with Gasteiger partial charge < -0.3 is 10.2 Å². The van der Waals surface area contributed by atoms with Crippen molar-refractivity contribution in [3.05, 3.63) is 47.1 Å². The molecule has 1 aliphatic rings. The van der Waals surface area contributed by atoms with E-state index in [0.717, 1.165) is 37.3 Å². The number of nitrogens with zero attached hydrogens (tertiary/aromatic N) is 5. The van der Waals surface area contributed by atoms with Gasteiger partial charge in [-0.2, -0.15) is 5.10 Å². The third-order valence-electron chi connectivity index (χ3n) is 4.66. The minimum absolute atomic E-state index is 0.0923. The highest BCUT2D eigenvalue weighted by Gasteiger charge is 2.17. The lowest BCUT2D eigenvalue weighted by atomic mass is 10.2. The molecule has 0 unspecified atom stereocenters. The van der Waals surface area contributed by atoms with Gasteiger partial charge in [-0.05, 0) is 25.0 Å². The van der Waals surface area contributed by atoms with Crippen LogP contribution >= 0.6 is 0 Å². The average molecular weight is 352 g/mol. The second-order valence-electron chi connectivity index (χ2n) is 6.44. The molecule has 1 amide bonds. The van der Waals surface area contributed by atoms with Crippen molar-refractivity contribution in [2.45, 2.75) is 19.4 Å². The van der Waals surface area contributed by atoms with E-state index >= 15 is 0 Å². The molecule has 26 heavy (non-hydrogen) atoms. The molecule has 0 atom stereocenters. The molecule has 0 saturated carbocycles. The molecule has 1 aliphatic heterocycles. The summed E-state index contributed by atoms with van der Waals surface area (Å²) in [6, 6.07) is 7.76. The number of aryl methyl sites for hydroxylation is 1. The Balaban J connectivity index is 1.55. The first-order valence-electron chi connectivity index (χ1n) is 8.64. The molecule has 1 aromatic carbocycles. The zero-order valence-electron chi connectivity index (χ0n) is 14.6. The number of para-hydroxylation sites is 2. The minimum Gasteiger partial charge on any atom is -0.370 e. The van der Waals surface area contributed by atoms with E-state index in [1.165, 1.54) is 21.8 Å². The average Bonchev–Trinajstić information content (AvgIpc) is 3.28. The standard InChI is InChI=1S/C18H20N6O2/c1-22-17-13(10-20-22)18(26)24(12-19-17)11-16(25)21-14-6-2-3-7-15(14)23-8-4-5-9-23/h2-3,6-7,10,12H,4-5,8-9,11H2,1H3,(H,21,25).